The van der Waals surface area contributed by atoms with Crippen molar-refractivity contribution >= 4 is 11.9 Å². The molecule has 7 heteroatoms. The van der Waals surface area contributed by atoms with Gasteiger partial charge >= 0.3 is 0 Å². The average Bonchev–Trinajstić information content (AvgIpc) is 2.45. The SMILES string of the molecule is CN=C(NCC(=O)NC(C)(C)C)NCC(C)N1CCOCC1C. The molecule has 2 unspecified atom stereocenters. The minimum atomic E-state index is -0.225. The molecule has 0 aliphatic carbocycles. The van der Waals surface area contributed by atoms with Gasteiger partial charge in [0.15, 0.2) is 5.96 Å². The van der Waals surface area contributed by atoms with Crippen LogP contribution in [0.15, 0.2) is 4.99 Å². The van der Waals surface area contributed by atoms with Gasteiger partial charge in [0.05, 0.1) is 19.8 Å². The highest BCUT2D eigenvalue weighted by Gasteiger charge is 2.23. The van der Waals surface area contributed by atoms with Gasteiger partial charge in [-0.1, -0.05) is 0 Å². The van der Waals surface area contributed by atoms with Crippen molar-refractivity contribution in [1.29, 1.82) is 0 Å². The van der Waals surface area contributed by atoms with Gasteiger partial charge < -0.3 is 20.7 Å². The fourth-order valence-electron chi connectivity index (χ4n) is 2.60. The first-order valence-electron chi connectivity index (χ1n) is 8.32. The Balaban J connectivity index is 2.35. The molecule has 23 heavy (non-hydrogen) atoms. The van der Waals surface area contributed by atoms with Crippen LogP contribution in [0, 0.1) is 0 Å². The normalized spacial score (nSPS) is 21.7. The third-order valence-electron chi connectivity index (χ3n) is 3.70. The molecule has 1 amide bonds. The maximum absolute atomic E-state index is 11.8. The Kier molecular flexibility index (Phi) is 7.78. The number of carbonyl (C=O) groups excluding carboxylic acids is 1. The van der Waals surface area contributed by atoms with Gasteiger partial charge in [0.2, 0.25) is 5.91 Å². The van der Waals surface area contributed by atoms with E-state index in [1.54, 1.807) is 7.05 Å². The van der Waals surface area contributed by atoms with Crippen LogP contribution >= 0.6 is 0 Å². The Morgan fingerprint density at radius 3 is 2.65 bits per heavy atom. The smallest absolute Gasteiger partial charge is 0.239 e. The summed E-state index contributed by atoms with van der Waals surface area (Å²) in [6.07, 6.45) is 0. The molecule has 1 fully saturated rings. The minimum Gasteiger partial charge on any atom is -0.379 e. The van der Waals surface area contributed by atoms with Gasteiger partial charge in [-0.25, -0.2) is 0 Å². The topological polar surface area (TPSA) is 78.0 Å². The van der Waals surface area contributed by atoms with Crippen LogP contribution in [0.25, 0.3) is 0 Å². The number of carbonyl (C=O) groups is 1. The Labute approximate surface area is 140 Å². The van der Waals surface area contributed by atoms with Gasteiger partial charge in [0.25, 0.3) is 0 Å². The van der Waals surface area contributed by atoms with Crippen LogP contribution < -0.4 is 16.0 Å². The van der Waals surface area contributed by atoms with Crippen molar-refractivity contribution in [2.75, 3.05) is 39.9 Å². The zero-order valence-electron chi connectivity index (χ0n) is 15.4. The summed E-state index contributed by atoms with van der Waals surface area (Å²) in [7, 11) is 1.71. The maximum atomic E-state index is 11.8. The Morgan fingerprint density at radius 1 is 1.39 bits per heavy atom. The van der Waals surface area contributed by atoms with E-state index in [0.29, 0.717) is 18.0 Å². The van der Waals surface area contributed by atoms with Crippen molar-refractivity contribution in [3.63, 3.8) is 0 Å². The molecule has 0 spiro atoms. The van der Waals surface area contributed by atoms with Crippen LogP contribution in [0.3, 0.4) is 0 Å². The number of guanidine groups is 1. The van der Waals surface area contributed by atoms with E-state index in [0.717, 1.165) is 26.3 Å². The molecule has 1 heterocycles. The molecular weight excluding hydrogens is 294 g/mol. The number of nitrogens with one attached hydrogen (secondary N) is 3. The molecule has 0 radical (unpaired) electrons. The third-order valence-corrected chi connectivity index (χ3v) is 3.70. The predicted molar refractivity (Wildman–Crippen MR) is 93.7 cm³/mol. The second-order valence-corrected chi connectivity index (χ2v) is 7.12. The molecule has 1 saturated heterocycles. The number of hydrogen-bond donors (Lipinski definition) is 3. The molecule has 1 rings (SSSR count). The summed E-state index contributed by atoms with van der Waals surface area (Å²) in [5.74, 6) is 0.595. The maximum Gasteiger partial charge on any atom is 0.239 e. The molecule has 0 aromatic heterocycles. The lowest BCUT2D eigenvalue weighted by Gasteiger charge is -2.38. The molecule has 0 aromatic carbocycles. The lowest BCUT2D eigenvalue weighted by atomic mass is 10.1. The lowest BCUT2D eigenvalue weighted by molar-refractivity contribution is -0.121. The van der Waals surface area contributed by atoms with E-state index >= 15 is 0 Å². The second-order valence-electron chi connectivity index (χ2n) is 7.12. The Hall–Kier alpha value is -1.34. The molecule has 1 aliphatic heterocycles. The highest BCUT2D eigenvalue weighted by Crippen LogP contribution is 2.09. The van der Waals surface area contributed by atoms with Gasteiger partial charge in [0, 0.05) is 37.8 Å². The number of nitrogens with zero attached hydrogens (tertiary/aromatic N) is 2. The molecular formula is C16H33N5O2. The third kappa shape index (κ3) is 7.65. The van der Waals surface area contributed by atoms with Gasteiger partial charge in [-0.3, -0.25) is 14.7 Å². The van der Waals surface area contributed by atoms with Crippen LogP contribution in [0.5, 0.6) is 0 Å². The number of hydrogen-bond acceptors (Lipinski definition) is 4. The van der Waals surface area contributed by atoms with Crippen molar-refractivity contribution in [2.45, 2.75) is 52.2 Å². The quantitative estimate of drug-likeness (QED) is 0.496. The van der Waals surface area contributed by atoms with Gasteiger partial charge in [-0.2, -0.15) is 0 Å². The predicted octanol–water partition coefficient (Wildman–Crippen LogP) is 0.175. The van der Waals surface area contributed by atoms with E-state index in [2.05, 4.69) is 39.7 Å². The zero-order chi connectivity index (χ0) is 17.5. The van der Waals surface area contributed by atoms with Crippen molar-refractivity contribution < 1.29 is 9.53 Å². The molecule has 0 saturated carbocycles. The van der Waals surface area contributed by atoms with Crippen molar-refractivity contribution in [2.24, 2.45) is 4.99 Å². The summed E-state index contributed by atoms with van der Waals surface area (Å²) in [6.45, 7) is 13.7. The van der Waals surface area contributed by atoms with Crippen LogP contribution in [0.1, 0.15) is 34.6 Å². The van der Waals surface area contributed by atoms with Crippen LogP contribution in [0.4, 0.5) is 0 Å². The van der Waals surface area contributed by atoms with E-state index in [9.17, 15) is 4.79 Å². The fraction of sp³-hybridized carbons (Fsp3) is 0.875. The second kappa shape index (κ2) is 9.08. The summed E-state index contributed by atoms with van der Waals surface area (Å²) in [4.78, 5) is 18.4. The summed E-state index contributed by atoms with van der Waals surface area (Å²) in [5.41, 5.74) is -0.225. The molecule has 7 nitrogen and oxygen atoms in total. The molecule has 2 atom stereocenters. The van der Waals surface area contributed by atoms with E-state index in [1.807, 2.05) is 20.8 Å². The number of aliphatic imine (C=N–C) groups is 1. The summed E-state index contributed by atoms with van der Waals surface area (Å²) in [5, 5.41) is 9.24. The van der Waals surface area contributed by atoms with E-state index in [4.69, 9.17) is 4.74 Å². The molecule has 0 aromatic rings. The minimum absolute atomic E-state index is 0.0460. The highest BCUT2D eigenvalue weighted by atomic mass is 16.5. The van der Waals surface area contributed by atoms with E-state index < -0.39 is 0 Å². The van der Waals surface area contributed by atoms with E-state index in [-0.39, 0.29) is 18.0 Å². The van der Waals surface area contributed by atoms with Crippen molar-refractivity contribution in [3.05, 3.63) is 0 Å². The fourth-order valence-corrected chi connectivity index (χ4v) is 2.60. The summed E-state index contributed by atoms with van der Waals surface area (Å²) >= 11 is 0. The van der Waals surface area contributed by atoms with Crippen molar-refractivity contribution in [3.8, 4) is 0 Å². The first-order chi connectivity index (χ1) is 10.7. The van der Waals surface area contributed by atoms with Crippen LogP contribution in [-0.2, 0) is 9.53 Å². The van der Waals surface area contributed by atoms with E-state index in [1.165, 1.54) is 0 Å². The summed E-state index contributed by atoms with van der Waals surface area (Å²) < 4.78 is 5.47. The Morgan fingerprint density at radius 2 is 2.09 bits per heavy atom. The lowest BCUT2D eigenvalue weighted by Crippen LogP contribution is -2.53. The monoisotopic (exact) mass is 327 g/mol. The number of ether oxygens (including phenoxy) is 1. The molecule has 0 bridgehead atoms. The van der Waals surface area contributed by atoms with Crippen molar-refractivity contribution in [1.82, 2.24) is 20.9 Å². The molecule has 134 valence electrons. The number of rotatable bonds is 5. The Bertz CT molecular complexity index is 406. The largest absolute Gasteiger partial charge is 0.379 e. The molecule has 1 aliphatic rings. The van der Waals surface area contributed by atoms with Gasteiger partial charge in [-0.05, 0) is 34.6 Å². The average molecular weight is 327 g/mol. The highest BCUT2D eigenvalue weighted by molar-refractivity contribution is 5.86. The van der Waals surface area contributed by atoms with Crippen LogP contribution in [0.2, 0.25) is 0 Å². The first-order valence-corrected chi connectivity index (χ1v) is 8.32. The standard InChI is InChI=1S/C16H33N5O2/c1-12(21-7-8-23-11-13(21)2)9-18-15(17-6)19-10-14(22)20-16(3,4)5/h12-13H,7-11H2,1-6H3,(H,20,22)(H2,17,18,19). The molecule has 3 N–H and O–H groups in total. The zero-order valence-corrected chi connectivity index (χ0v) is 15.4. The number of morpholine rings is 1. The van der Waals surface area contributed by atoms with Crippen LogP contribution in [-0.4, -0.2) is 74.3 Å². The van der Waals surface area contributed by atoms with Gasteiger partial charge in [0.1, 0.15) is 0 Å². The first kappa shape index (κ1) is 19.7. The number of amides is 1. The summed E-state index contributed by atoms with van der Waals surface area (Å²) in [6, 6.07) is 0.795. The van der Waals surface area contributed by atoms with Gasteiger partial charge in [-0.15, -0.1) is 0 Å².